The summed E-state index contributed by atoms with van der Waals surface area (Å²) in [5.41, 5.74) is 4.09. The molecule has 2 heterocycles. The molecule has 0 bridgehead atoms. The number of piperidine rings is 1. The van der Waals surface area contributed by atoms with Crippen LogP contribution in [0.5, 0.6) is 0 Å². The van der Waals surface area contributed by atoms with Crippen LogP contribution in [0.4, 0.5) is 0 Å². The molecule has 3 heteroatoms. The molecule has 0 amide bonds. The minimum atomic E-state index is 0.665. The Kier molecular flexibility index (Phi) is 2.97. The molecule has 1 fully saturated rings. The molecule has 1 saturated heterocycles. The van der Waals surface area contributed by atoms with Crippen molar-refractivity contribution in [3.05, 3.63) is 33.9 Å². The maximum atomic E-state index is 3.53. The Morgan fingerprint density at radius 3 is 3.00 bits per heavy atom. The smallest absolute Gasteiger partial charge is 0.0470 e. The molecule has 90 valence electrons. The topological polar surface area (TPSA) is 27.8 Å². The van der Waals surface area contributed by atoms with Crippen LogP contribution in [0.15, 0.2) is 22.7 Å². The van der Waals surface area contributed by atoms with E-state index in [9.17, 15) is 0 Å². The zero-order valence-electron chi connectivity index (χ0n) is 10.0. The Morgan fingerprint density at radius 1 is 1.35 bits per heavy atom. The van der Waals surface area contributed by atoms with Gasteiger partial charge in [-0.25, -0.2) is 0 Å². The highest BCUT2D eigenvalue weighted by Crippen LogP contribution is 2.33. The number of fused-ring (bicyclic) bond motifs is 1. The number of nitrogens with one attached hydrogen (secondary N) is 2. The number of hydrogen-bond acceptors (Lipinski definition) is 1. The number of hydrogen-bond donors (Lipinski definition) is 2. The van der Waals surface area contributed by atoms with E-state index in [1.165, 1.54) is 41.5 Å². The molecule has 1 unspecified atom stereocenters. The van der Waals surface area contributed by atoms with Crippen LogP contribution in [0.2, 0.25) is 0 Å². The number of rotatable bonds is 1. The largest absolute Gasteiger partial charge is 0.358 e. The van der Waals surface area contributed by atoms with Gasteiger partial charge in [-0.05, 0) is 49.9 Å². The van der Waals surface area contributed by atoms with Gasteiger partial charge in [0.25, 0.3) is 0 Å². The predicted octanol–water partition coefficient (Wildman–Crippen LogP) is 3.71. The average molecular weight is 293 g/mol. The van der Waals surface area contributed by atoms with E-state index in [0.717, 1.165) is 11.0 Å². The summed E-state index contributed by atoms with van der Waals surface area (Å²) >= 11 is 3.53. The molecule has 0 saturated carbocycles. The second-order valence-corrected chi connectivity index (χ2v) is 5.81. The van der Waals surface area contributed by atoms with E-state index in [1.807, 2.05) is 0 Å². The fourth-order valence-electron chi connectivity index (χ4n) is 2.95. The maximum Gasteiger partial charge on any atom is 0.0470 e. The van der Waals surface area contributed by atoms with Crippen LogP contribution in [0.1, 0.15) is 30.0 Å². The van der Waals surface area contributed by atoms with Crippen molar-refractivity contribution in [2.75, 3.05) is 13.1 Å². The monoisotopic (exact) mass is 292 g/mol. The van der Waals surface area contributed by atoms with Crippen molar-refractivity contribution in [3.63, 3.8) is 0 Å². The average Bonchev–Trinajstić information content (AvgIpc) is 2.65. The van der Waals surface area contributed by atoms with Gasteiger partial charge in [0.2, 0.25) is 0 Å². The summed E-state index contributed by atoms with van der Waals surface area (Å²) in [6.45, 7) is 4.48. The van der Waals surface area contributed by atoms with Gasteiger partial charge in [0.05, 0.1) is 0 Å². The molecule has 1 aliphatic rings. The van der Waals surface area contributed by atoms with Gasteiger partial charge < -0.3 is 10.3 Å². The lowest BCUT2D eigenvalue weighted by Crippen LogP contribution is -2.28. The van der Waals surface area contributed by atoms with E-state index >= 15 is 0 Å². The first kappa shape index (κ1) is 11.3. The van der Waals surface area contributed by atoms with Crippen molar-refractivity contribution >= 4 is 26.8 Å². The fourth-order valence-corrected chi connectivity index (χ4v) is 3.31. The van der Waals surface area contributed by atoms with Crippen LogP contribution in [0.3, 0.4) is 0 Å². The van der Waals surface area contributed by atoms with Crippen molar-refractivity contribution in [2.45, 2.75) is 25.7 Å². The number of H-pyrrole nitrogens is 1. The van der Waals surface area contributed by atoms with E-state index in [4.69, 9.17) is 0 Å². The van der Waals surface area contributed by atoms with E-state index in [-0.39, 0.29) is 0 Å². The van der Waals surface area contributed by atoms with Crippen LogP contribution in [-0.2, 0) is 0 Å². The highest BCUT2D eigenvalue weighted by atomic mass is 79.9. The van der Waals surface area contributed by atoms with Crippen molar-refractivity contribution in [2.24, 2.45) is 0 Å². The van der Waals surface area contributed by atoms with Gasteiger partial charge in [-0.15, -0.1) is 0 Å². The van der Waals surface area contributed by atoms with E-state index in [2.05, 4.69) is 51.4 Å². The van der Waals surface area contributed by atoms with Crippen molar-refractivity contribution in [1.29, 1.82) is 0 Å². The van der Waals surface area contributed by atoms with Crippen molar-refractivity contribution in [3.8, 4) is 0 Å². The Morgan fingerprint density at radius 2 is 2.24 bits per heavy atom. The maximum absolute atomic E-state index is 3.53. The molecule has 1 aliphatic heterocycles. The Bertz CT molecular complexity index is 538. The number of aromatic amines is 1. The summed E-state index contributed by atoms with van der Waals surface area (Å²) in [6, 6.07) is 6.53. The predicted molar refractivity (Wildman–Crippen MR) is 75.6 cm³/mol. The summed E-state index contributed by atoms with van der Waals surface area (Å²) in [4.78, 5) is 3.51. The molecule has 2 nitrogen and oxygen atoms in total. The van der Waals surface area contributed by atoms with Crippen LogP contribution < -0.4 is 5.32 Å². The second-order valence-electron chi connectivity index (χ2n) is 4.90. The first-order chi connectivity index (χ1) is 8.25. The molecule has 0 aliphatic carbocycles. The molecule has 0 radical (unpaired) electrons. The molecule has 2 N–H and O–H groups in total. The van der Waals surface area contributed by atoms with Gasteiger partial charge >= 0.3 is 0 Å². The summed E-state index contributed by atoms with van der Waals surface area (Å²) in [5, 5.41) is 4.89. The van der Waals surface area contributed by atoms with Crippen molar-refractivity contribution < 1.29 is 0 Å². The minimum absolute atomic E-state index is 0.665. The quantitative estimate of drug-likeness (QED) is 0.824. The molecule has 1 aromatic carbocycles. The molecule has 1 atom stereocenters. The van der Waals surface area contributed by atoms with Crippen molar-refractivity contribution in [1.82, 2.24) is 10.3 Å². The molecule has 0 spiro atoms. The molecule has 3 rings (SSSR count). The van der Waals surface area contributed by atoms with Gasteiger partial charge in [-0.2, -0.15) is 0 Å². The Hall–Kier alpha value is -0.800. The second kappa shape index (κ2) is 4.46. The zero-order chi connectivity index (χ0) is 11.8. The van der Waals surface area contributed by atoms with Crippen LogP contribution in [-0.4, -0.2) is 18.1 Å². The fraction of sp³-hybridized carbons (Fsp3) is 0.429. The van der Waals surface area contributed by atoms with Gasteiger partial charge in [-0.1, -0.05) is 22.0 Å². The van der Waals surface area contributed by atoms with Crippen LogP contribution >= 0.6 is 15.9 Å². The van der Waals surface area contributed by atoms with Gasteiger partial charge in [-0.3, -0.25) is 0 Å². The number of benzene rings is 1. The molecular formula is C14H17BrN2. The minimum Gasteiger partial charge on any atom is -0.358 e. The summed E-state index contributed by atoms with van der Waals surface area (Å²) in [7, 11) is 0. The summed E-state index contributed by atoms with van der Waals surface area (Å²) in [5.74, 6) is 0.665. The van der Waals surface area contributed by atoms with Gasteiger partial charge in [0.1, 0.15) is 0 Å². The Balaban J connectivity index is 2.11. The third-order valence-corrected chi connectivity index (χ3v) is 4.20. The SMILES string of the molecule is Cc1[nH]c2cc(Br)ccc2c1C1CCCNC1. The van der Waals surface area contributed by atoms with Gasteiger partial charge in [0.15, 0.2) is 0 Å². The molecule has 2 aromatic rings. The third kappa shape index (κ3) is 2.02. The van der Waals surface area contributed by atoms with Crippen LogP contribution in [0, 0.1) is 6.92 Å². The Labute approximate surface area is 110 Å². The van der Waals surface area contributed by atoms with Crippen LogP contribution in [0.25, 0.3) is 10.9 Å². The van der Waals surface area contributed by atoms with E-state index < -0.39 is 0 Å². The molecule has 17 heavy (non-hydrogen) atoms. The van der Waals surface area contributed by atoms with E-state index in [0.29, 0.717) is 5.92 Å². The number of aryl methyl sites for hydroxylation is 1. The lowest BCUT2D eigenvalue weighted by atomic mass is 9.90. The lowest BCUT2D eigenvalue weighted by molar-refractivity contribution is 0.462. The highest BCUT2D eigenvalue weighted by molar-refractivity contribution is 9.10. The molecular weight excluding hydrogens is 276 g/mol. The highest BCUT2D eigenvalue weighted by Gasteiger charge is 2.20. The zero-order valence-corrected chi connectivity index (χ0v) is 11.6. The number of aromatic nitrogens is 1. The molecule has 1 aromatic heterocycles. The number of halogens is 1. The van der Waals surface area contributed by atoms with E-state index in [1.54, 1.807) is 0 Å². The van der Waals surface area contributed by atoms with Gasteiger partial charge in [0, 0.05) is 27.6 Å². The standard InChI is InChI=1S/C14H17BrN2/c1-9-14(10-3-2-6-16-8-10)12-5-4-11(15)7-13(12)17-9/h4-5,7,10,16-17H,2-3,6,8H2,1H3. The summed E-state index contributed by atoms with van der Waals surface area (Å²) < 4.78 is 1.14. The first-order valence-electron chi connectivity index (χ1n) is 6.24. The normalized spacial score (nSPS) is 20.9. The lowest BCUT2D eigenvalue weighted by Gasteiger charge is -2.23. The summed E-state index contributed by atoms with van der Waals surface area (Å²) in [6.07, 6.45) is 2.59. The third-order valence-electron chi connectivity index (χ3n) is 3.70. The first-order valence-corrected chi connectivity index (χ1v) is 7.03.